The van der Waals surface area contributed by atoms with Crippen LogP contribution in [0.2, 0.25) is 0 Å². The summed E-state index contributed by atoms with van der Waals surface area (Å²) in [5.41, 5.74) is 0. The molecule has 0 aromatic carbocycles. The lowest BCUT2D eigenvalue weighted by molar-refractivity contribution is 0.285. The van der Waals surface area contributed by atoms with Crippen LogP contribution in [0.5, 0.6) is 0 Å². The average molecular weight is 245 g/mol. The number of thiophene rings is 1. The Morgan fingerprint density at radius 2 is 2.07 bits per heavy atom. The van der Waals surface area contributed by atoms with Crippen LogP contribution in [-0.2, 0) is 6.61 Å². The van der Waals surface area contributed by atoms with Gasteiger partial charge in [-0.3, -0.25) is 0 Å². The molecule has 0 radical (unpaired) electrons. The van der Waals surface area contributed by atoms with Crippen molar-refractivity contribution in [3.63, 3.8) is 0 Å². The molecule has 1 aromatic heterocycles. The van der Waals surface area contributed by atoms with E-state index in [-0.39, 0.29) is 6.61 Å². The van der Waals surface area contributed by atoms with Crippen LogP contribution in [0.25, 0.3) is 0 Å². The van der Waals surface area contributed by atoms with Crippen molar-refractivity contribution in [2.24, 2.45) is 0 Å². The van der Waals surface area contributed by atoms with Gasteiger partial charge in [0, 0.05) is 17.2 Å². The van der Waals surface area contributed by atoms with E-state index in [1.165, 1.54) is 4.21 Å². The normalized spacial score (nSPS) is 11.2. The van der Waals surface area contributed by atoms with Crippen LogP contribution in [0.1, 0.15) is 18.7 Å². The van der Waals surface area contributed by atoms with E-state index < -0.39 is 0 Å². The fourth-order valence-electron chi connectivity index (χ4n) is 1.34. The molecule has 1 rings (SSSR count). The summed E-state index contributed by atoms with van der Waals surface area (Å²) in [4.78, 5) is 3.48. The van der Waals surface area contributed by atoms with Crippen LogP contribution in [0.15, 0.2) is 16.3 Å². The lowest BCUT2D eigenvalue weighted by atomic mass is 10.5. The zero-order valence-electron chi connectivity index (χ0n) is 9.40. The van der Waals surface area contributed by atoms with Crippen LogP contribution >= 0.6 is 23.1 Å². The summed E-state index contributed by atoms with van der Waals surface area (Å²) >= 11 is 3.58. The van der Waals surface area contributed by atoms with Crippen molar-refractivity contribution in [1.82, 2.24) is 4.90 Å². The van der Waals surface area contributed by atoms with Gasteiger partial charge in [0.05, 0.1) is 10.8 Å². The van der Waals surface area contributed by atoms with Crippen molar-refractivity contribution in [2.75, 3.05) is 25.4 Å². The third-order valence-corrected chi connectivity index (χ3v) is 4.61. The van der Waals surface area contributed by atoms with Gasteiger partial charge in [-0.05, 0) is 25.2 Å². The number of rotatable bonds is 7. The molecule has 0 atom stereocenters. The first-order valence-corrected chi connectivity index (χ1v) is 7.15. The fraction of sp³-hybridized carbons (Fsp3) is 0.636. The summed E-state index contributed by atoms with van der Waals surface area (Å²) < 4.78 is 1.31. The quantitative estimate of drug-likeness (QED) is 0.747. The molecule has 0 spiro atoms. The summed E-state index contributed by atoms with van der Waals surface area (Å²) in [6.45, 7) is 7.96. The first kappa shape index (κ1) is 13.0. The first-order chi connectivity index (χ1) is 7.30. The van der Waals surface area contributed by atoms with Gasteiger partial charge in [-0.25, -0.2) is 0 Å². The second-order valence-electron chi connectivity index (χ2n) is 3.25. The number of nitrogens with zero attached hydrogens (tertiary/aromatic N) is 1. The second-order valence-corrected chi connectivity index (χ2v) is 5.82. The molecule has 1 N–H and O–H groups in total. The third-order valence-electron chi connectivity index (χ3n) is 2.34. The molecular formula is C11H19NOS2. The number of thioether (sulfide) groups is 1. The molecule has 0 amide bonds. The summed E-state index contributed by atoms with van der Waals surface area (Å²) in [5, 5.41) is 8.93. The minimum atomic E-state index is 0.168. The highest BCUT2D eigenvalue weighted by molar-refractivity contribution is 8.01. The fourth-order valence-corrected chi connectivity index (χ4v) is 3.45. The maximum absolute atomic E-state index is 8.93. The van der Waals surface area contributed by atoms with Gasteiger partial charge in [0.15, 0.2) is 0 Å². The van der Waals surface area contributed by atoms with Crippen LogP contribution in [0.4, 0.5) is 0 Å². The zero-order chi connectivity index (χ0) is 11.1. The number of hydrogen-bond donors (Lipinski definition) is 1. The topological polar surface area (TPSA) is 23.5 Å². The summed E-state index contributed by atoms with van der Waals surface area (Å²) in [6.07, 6.45) is 0. The molecule has 0 unspecified atom stereocenters. The molecule has 0 fully saturated rings. The third kappa shape index (κ3) is 4.55. The number of aliphatic hydroxyl groups excluding tert-OH is 1. The molecule has 1 heterocycles. The van der Waals surface area contributed by atoms with E-state index in [0.717, 1.165) is 30.3 Å². The van der Waals surface area contributed by atoms with Gasteiger partial charge in [-0.2, -0.15) is 0 Å². The Hall–Kier alpha value is -0.0300. The molecule has 0 saturated carbocycles. The molecule has 1 aromatic rings. The summed E-state index contributed by atoms with van der Waals surface area (Å²) in [5.74, 6) is 1.13. The maximum atomic E-state index is 8.93. The molecule has 15 heavy (non-hydrogen) atoms. The van der Waals surface area contributed by atoms with E-state index in [4.69, 9.17) is 5.11 Å². The minimum Gasteiger partial charge on any atom is -0.391 e. The first-order valence-electron chi connectivity index (χ1n) is 5.34. The number of aliphatic hydroxyl groups is 1. The Balaban J connectivity index is 2.25. The lowest BCUT2D eigenvalue weighted by Crippen LogP contribution is -2.25. The smallest absolute Gasteiger partial charge is 0.0774 e. The van der Waals surface area contributed by atoms with Crippen molar-refractivity contribution in [1.29, 1.82) is 0 Å². The predicted molar refractivity (Wildman–Crippen MR) is 68.8 cm³/mol. The van der Waals surface area contributed by atoms with E-state index in [1.54, 1.807) is 11.3 Å². The van der Waals surface area contributed by atoms with Gasteiger partial charge < -0.3 is 10.0 Å². The molecular weight excluding hydrogens is 226 g/mol. The van der Waals surface area contributed by atoms with Crippen LogP contribution < -0.4 is 0 Å². The largest absolute Gasteiger partial charge is 0.391 e. The van der Waals surface area contributed by atoms with Crippen molar-refractivity contribution < 1.29 is 5.11 Å². The maximum Gasteiger partial charge on any atom is 0.0774 e. The Morgan fingerprint density at radius 1 is 1.33 bits per heavy atom. The Bertz CT molecular complexity index is 271. The van der Waals surface area contributed by atoms with Crippen LogP contribution in [0.3, 0.4) is 0 Å². The lowest BCUT2D eigenvalue weighted by Gasteiger charge is -2.16. The van der Waals surface area contributed by atoms with Crippen molar-refractivity contribution in [2.45, 2.75) is 24.7 Å². The van der Waals surface area contributed by atoms with Gasteiger partial charge in [-0.15, -0.1) is 23.1 Å². The van der Waals surface area contributed by atoms with E-state index in [1.807, 2.05) is 17.8 Å². The van der Waals surface area contributed by atoms with Gasteiger partial charge in [0.25, 0.3) is 0 Å². The number of hydrogen-bond acceptors (Lipinski definition) is 4. The Kier molecular flexibility index (Phi) is 6.32. The van der Waals surface area contributed by atoms with Gasteiger partial charge >= 0.3 is 0 Å². The van der Waals surface area contributed by atoms with Crippen LogP contribution in [0, 0.1) is 0 Å². The minimum absolute atomic E-state index is 0.168. The monoisotopic (exact) mass is 245 g/mol. The van der Waals surface area contributed by atoms with Crippen molar-refractivity contribution in [3.8, 4) is 0 Å². The zero-order valence-corrected chi connectivity index (χ0v) is 11.0. The van der Waals surface area contributed by atoms with E-state index in [9.17, 15) is 0 Å². The van der Waals surface area contributed by atoms with Crippen LogP contribution in [-0.4, -0.2) is 35.4 Å². The molecule has 4 heteroatoms. The molecule has 2 nitrogen and oxygen atoms in total. The highest BCUT2D eigenvalue weighted by Crippen LogP contribution is 2.27. The van der Waals surface area contributed by atoms with Crippen molar-refractivity contribution in [3.05, 3.63) is 17.0 Å². The standard InChI is InChI=1S/C11H19NOS2/c1-3-12(4-2)7-8-14-11-6-5-10(9-13)15-11/h5-6,13H,3-4,7-9H2,1-2H3. The van der Waals surface area contributed by atoms with E-state index in [0.29, 0.717) is 0 Å². The predicted octanol–water partition coefficient (Wildman–Crippen LogP) is 2.67. The van der Waals surface area contributed by atoms with Gasteiger partial charge in [0.1, 0.15) is 0 Å². The van der Waals surface area contributed by atoms with Gasteiger partial charge in [-0.1, -0.05) is 13.8 Å². The van der Waals surface area contributed by atoms with Crippen molar-refractivity contribution >= 4 is 23.1 Å². The molecule has 86 valence electrons. The second kappa shape index (κ2) is 7.28. The summed E-state index contributed by atoms with van der Waals surface area (Å²) in [6, 6.07) is 4.10. The summed E-state index contributed by atoms with van der Waals surface area (Å²) in [7, 11) is 0. The van der Waals surface area contributed by atoms with E-state index >= 15 is 0 Å². The highest BCUT2D eigenvalue weighted by Gasteiger charge is 2.02. The molecule has 0 aliphatic carbocycles. The molecule has 0 saturated heterocycles. The molecule has 0 aliphatic heterocycles. The average Bonchev–Trinajstić information content (AvgIpc) is 2.72. The molecule has 0 aliphatic rings. The Morgan fingerprint density at radius 3 is 2.60 bits per heavy atom. The highest BCUT2D eigenvalue weighted by atomic mass is 32.2. The molecule has 0 bridgehead atoms. The SMILES string of the molecule is CCN(CC)CCSc1ccc(CO)s1. The van der Waals surface area contributed by atoms with Gasteiger partial charge in [0.2, 0.25) is 0 Å². The Labute approximate surface area is 100 Å². The van der Waals surface area contributed by atoms with E-state index in [2.05, 4.69) is 24.8 Å².